The summed E-state index contributed by atoms with van der Waals surface area (Å²) in [4.78, 5) is 25.2. The summed E-state index contributed by atoms with van der Waals surface area (Å²) in [6.45, 7) is 3.79. The van der Waals surface area contributed by atoms with Gasteiger partial charge in [-0.15, -0.1) is 0 Å². The zero-order chi connectivity index (χ0) is 15.9. The van der Waals surface area contributed by atoms with Gasteiger partial charge in [0.25, 0.3) is 0 Å². The third-order valence-corrected chi connectivity index (χ3v) is 3.73. The number of nitrogens with one attached hydrogen (secondary N) is 1. The number of carbonyl (C=O) groups is 2. The Labute approximate surface area is 130 Å². The normalized spacial score (nSPS) is 18.8. The Kier molecular flexibility index (Phi) is 5.77. The lowest BCUT2D eigenvalue weighted by Gasteiger charge is -2.18. The summed E-state index contributed by atoms with van der Waals surface area (Å²) in [6.07, 6.45) is 0.443. The zero-order valence-corrected chi connectivity index (χ0v) is 12.8. The van der Waals surface area contributed by atoms with E-state index in [4.69, 9.17) is 10.5 Å². The van der Waals surface area contributed by atoms with E-state index in [1.807, 2.05) is 30.3 Å². The quantitative estimate of drug-likeness (QED) is 0.853. The van der Waals surface area contributed by atoms with Gasteiger partial charge in [0.1, 0.15) is 6.61 Å². The lowest BCUT2D eigenvalue weighted by atomic mass is 10.1. The molecule has 0 radical (unpaired) electrons. The molecule has 1 aliphatic rings. The van der Waals surface area contributed by atoms with Gasteiger partial charge in [-0.2, -0.15) is 0 Å². The molecule has 1 saturated heterocycles. The van der Waals surface area contributed by atoms with Crippen molar-refractivity contribution < 1.29 is 14.3 Å². The first-order chi connectivity index (χ1) is 10.6. The van der Waals surface area contributed by atoms with E-state index in [9.17, 15) is 9.59 Å². The summed E-state index contributed by atoms with van der Waals surface area (Å²) in [5.41, 5.74) is 6.55. The molecule has 6 heteroatoms. The zero-order valence-electron chi connectivity index (χ0n) is 12.8. The lowest BCUT2D eigenvalue weighted by Crippen LogP contribution is -2.41. The standard InChI is InChI=1S/C16H23N3O3/c1-12(17)15(20)19-8-7-14(10-19)9-18-16(21)22-11-13-5-3-2-4-6-13/h2-6,12,14H,7-11,17H2,1H3,(H,18,21). The van der Waals surface area contributed by atoms with E-state index in [1.165, 1.54) is 0 Å². The molecule has 2 amide bonds. The molecule has 1 fully saturated rings. The van der Waals surface area contributed by atoms with Gasteiger partial charge in [-0.05, 0) is 24.8 Å². The highest BCUT2D eigenvalue weighted by Gasteiger charge is 2.27. The summed E-state index contributed by atoms with van der Waals surface area (Å²) in [7, 11) is 0. The van der Waals surface area contributed by atoms with Crippen LogP contribution in [-0.2, 0) is 16.1 Å². The van der Waals surface area contributed by atoms with Crippen molar-refractivity contribution in [1.82, 2.24) is 10.2 Å². The first kappa shape index (κ1) is 16.3. The molecule has 0 aliphatic carbocycles. The predicted octanol–water partition coefficient (Wildman–Crippen LogP) is 1.11. The summed E-state index contributed by atoms with van der Waals surface area (Å²) >= 11 is 0. The number of nitrogens with zero attached hydrogens (tertiary/aromatic N) is 1. The van der Waals surface area contributed by atoms with Crippen molar-refractivity contribution in [2.45, 2.75) is 26.0 Å². The number of hydrogen-bond acceptors (Lipinski definition) is 4. The topological polar surface area (TPSA) is 84.7 Å². The highest BCUT2D eigenvalue weighted by atomic mass is 16.5. The molecular weight excluding hydrogens is 282 g/mol. The Morgan fingerprint density at radius 1 is 1.41 bits per heavy atom. The number of carbonyl (C=O) groups excluding carboxylic acids is 2. The van der Waals surface area contributed by atoms with Crippen LogP contribution in [0.5, 0.6) is 0 Å². The van der Waals surface area contributed by atoms with E-state index >= 15 is 0 Å². The molecule has 22 heavy (non-hydrogen) atoms. The number of alkyl carbamates (subject to hydrolysis) is 1. The van der Waals surface area contributed by atoms with Gasteiger partial charge >= 0.3 is 6.09 Å². The molecule has 0 bridgehead atoms. The van der Waals surface area contributed by atoms with Crippen LogP contribution in [0.15, 0.2) is 30.3 Å². The highest BCUT2D eigenvalue weighted by molar-refractivity contribution is 5.81. The van der Waals surface area contributed by atoms with Gasteiger partial charge in [0.2, 0.25) is 5.91 Å². The Balaban J connectivity index is 1.66. The summed E-state index contributed by atoms with van der Waals surface area (Å²) in [5, 5.41) is 2.75. The molecule has 1 aliphatic heterocycles. The minimum atomic E-state index is -0.470. The molecule has 0 saturated carbocycles. The van der Waals surface area contributed by atoms with E-state index in [0.29, 0.717) is 19.6 Å². The Hall–Kier alpha value is -2.08. The molecule has 1 heterocycles. The summed E-state index contributed by atoms with van der Waals surface area (Å²) < 4.78 is 5.15. The molecule has 2 unspecified atom stereocenters. The maximum absolute atomic E-state index is 11.8. The number of likely N-dealkylation sites (tertiary alicyclic amines) is 1. The maximum atomic E-state index is 11.8. The van der Waals surface area contributed by atoms with Crippen LogP contribution < -0.4 is 11.1 Å². The van der Waals surface area contributed by atoms with Crippen molar-refractivity contribution in [3.8, 4) is 0 Å². The number of ether oxygens (including phenoxy) is 1. The van der Waals surface area contributed by atoms with Crippen molar-refractivity contribution in [3.63, 3.8) is 0 Å². The molecule has 2 atom stereocenters. The second-order valence-electron chi connectivity index (χ2n) is 5.67. The average Bonchev–Trinajstić information content (AvgIpc) is 3.00. The van der Waals surface area contributed by atoms with Gasteiger partial charge in [-0.25, -0.2) is 4.79 Å². The third-order valence-electron chi connectivity index (χ3n) is 3.73. The van der Waals surface area contributed by atoms with Crippen molar-refractivity contribution in [2.75, 3.05) is 19.6 Å². The van der Waals surface area contributed by atoms with Gasteiger partial charge in [0.05, 0.1) is 6.04 Å². The largest absolute Gasteiger partial charge is 0.445 e. The first-order valence-corrected chi connectivity index (χ1v) is 7.55. The summed E-state index contributed by atoms with van der Waals surface area (Å²) in [5.74, 6) is 0.223. The molecule has 6 nitrogen and oxygen atoms in total. The maximum Gasteiger partial charge on any atom is 0.407 e. The fourth-order valence-electron chi connectivity index (χ4n) is 2.49. The monoisotopic (exact) mass is 305 g/mol. The highest BCUT2D eigenvalue weighted by Crippen LogP contribution is 2.16. The van der Waals surface area contributed by atoms with Crippen LogP contribution in [0.4, 0.5) is 4.79 Å². The number of nitrogens with two attached hydrogens (primary N) is 1. The van der Waals surface area contributed by atoms with Crippen LogP contribution in [0, 0.1) is 5.92 Å². The minimum absolute atomic E-state index is 0.0332. The van der Waals surface area contributed by atoms with E-state index in [0.717, 1.165) is 12.0 Å². The lowest BCUT2D eigenvalue weighted by molar-refractivity contribution is -0.131. The molecule has 0 aromatic heterocycles. The predicted molar refractivity (Wildman–Crippen MR) is 83.0 cm³/mol. The van der Waals surface area contributed by atoms with Crippen LogP contribution in [-0.4, -0.2) is 42.6 Å². The van der Waals surface area contributed by atoms with Crippen LogP contribution >= 0.6 is 0 Å². The fraction of sp³-hybridized carbons (Fsp3) is 0.500. The van der Waals surface area contributed by atoms with Crippen molar-refractivity contribution >= 4 is 12.0 Å². The van der Waals surface area contributed by atoms with Crippen LogP contribution in [0.1, 0.15) is 18.9 Å². The van der Waals surface area contributed by atoms with E-state index < -0.39 is 12.1 Å². The van der Waals surface area contributed by atoms with Crippen molar-refractivity contribution in [1.29, 1.82) is 0 Å². The van der Waals surface area contributed by atoms with E-state index in [1.54, 1.807) is 11.8 Å². The van der Waals surface area contributed by atoms with Gasteiger partial charge in [-0.1, -0.05) is 30.3 Å². The first-order valence-electron chi connectivity index (χ1n) is 7.55. The van der Waals surface area contributed by atoms with E-state index in [-0.39, 0.29) is 18.4 Å². The molecule has 120 valence electrons. The van der Waals surface area contributed by atoms with Gasteiger partial charge < -0.3 is 20.7 Å². The third kappa shape index (κ3) is 4.73. The molecule has 1 aromatic rings. The number of benzene rings is 1. The number of hydrogen-bond donors (Lipinski definition) is 2. The van der Waals surface area contributed by atoms with Gasteiger partial charge in [-0.3, -0.25) is 4.79 Å². The number of rotatable bonds is 5. The van der Waals surface area contributed by atoms with Crippen LogP contribution in [0.2, 0.25) is 0 Å². The van der Waals surface area contributed by atoms with Gasteiger partial charge in [0, 0.05) is 19.6 Å². The second-order valence-corrected chi connectivity index (χ2v) is 5.67. The van der Waals surface area contributed by atoms with Crippen molar-refractivity contribution in [2.24, 2.45) is 11.7 Å². The molecular formula is C16H23N3O3. The van der Waals surface area contributed by atoms with Gasteiger partial charge in [0.15, 0.2) is 0 Å². The van der Waals surface area contributed by atoms with Crippen LogP contribution in [0.25, 0.3) is 0 Å². The summed E-state index contributed by atoms with van der Waals surface area (Å²) in [6, 6.07) is 9.06. The fourth-order valence-corrected chi connectivity index (χ4v) is 2.49. The Morgan fingerprint density at radius 3 is 2.82 bits per heavy atom. The van der Waals surface area contributed by atoms with E-state index in [2.05, 4.69) is 5.32 Å². The minimum Gasteiger partial charge on any atom is -0.445 e. The second kappa shape index (κ2) is 7.79. The number of amides is 2. The molecule has 0 spiro atoms. The smallest absolute Gasteiger partial charge is 0.407 e. The van der Waals surface area contributed by atoms with Crippen LogP contribution in [0.3, 0.4) is 0 Å². The Morgan fingerprint density at radius 2 is 2.14 bits per heavy atom. The van der Waals surface area contributed by atoms with Crippen molar-refractivity contribution in [3.05, 3.63) is 35.9 Å². The molecule has 1 aromatic carbocycles. The SMILES string of the molecule is CC(N)C(=O)N1CCC(CNC(=O)OCc2ccccc2)C1. The molecule has 2 rings (SSSR count). The average molecular weight is 305 g/mol. The Bertz CT molecular complexity index is 505. The molecule has 3 N–H and O–H groups in total.